The molecule has 2 unspecified atom stereocenters. The second-order valence-corrected chi connectivity index (χ2v) is 8.84. The smallest absolute Gasteiger partial charge is 0.252 e. The van der Waals surface area contributed by atoms with Crippen molar-refractivity contribution in [1.29, 1.82) is 0 Å². The quantitative estimate of drug-likeness (QED) is 0.568. The molecular formula is C25H35N3OS. The third kappa shape index (κ3) is 5.65. The highest BCUT2D eigenvalue weighted by atomic mass is 32.2. The zero-order valence-electron chi connectivity index (χ0n) is 18.4. The maximum absolute atomic E-state index is 12.8. The van der Waals surface area contributed by atoms with Gasteiger partial charge in [-0.3, -0.25) is 9.52 Å². The summed E-state index contributed by atoms with van der Waals surface area (Å²) in [5, 5.41) is 7.14. The summed E-state index contributed by atoms with van der Waals surface area (Å²) in [6, 6.07) is 17.1. The van der Waals surface area contributed by atoms with Gasteiger partial charge in [-0.05, 0) is 68.5 Å². The van der Waals surface area contributed by atoms with Crippen molar-refractivity contribution in [3.8, 4) is 0 Å². The van der Waals surface area contributed by atoms with Gasteiger partial charge >= 0.3 is 0 Å². The Morgan fingerprint density at radius 3 is 2.33 bits per heavy atom. The van der Waals surface area contributed by atoms with Crippen LogP contribution in [0, 0.1) is 6.92 Å². The van der Waals surface area contributed by atoms with Gasteiger partial charge in [-0.25, -0.2) is 0 Å². The topological polar surface area (TPSA) is 53.2 Å². The molecule has 2 aromatic carbocycles. The summed E-state index contributed by atoms with van der Waals surface area (Å²) < 4.78 is 3.71. The average Bonchev–Trinajstić information content (AvgIpc) is 2.81. The number of amides is 1. The molecule has 2 aliphatic rings. The van der Waals surface area contributed by atoms with Crippen molar-refractivity contribution >= 4 is 17.9 Å². The summed E-state index contributed by atoms with van der Waals surface area (Å²) in [5.74, 6) is 0.0248. The molecule has 4 nitrogen and oxygen atoms in total. The van der Waals surface area contributed by atoms with Gasteiger partial charge in [-0.15, -0.1) is 0 Å². The Morgan fingerprint density at radius 2 is 1.60 bits per heavy atom. The van der Waals surface area contributed by atoms with Crippen LogP contribution in [0.5, 0.6) is 0 Å². The predicted octanol–water partition coefficient (Wildman–Crippen LogP) is 5.32. The van der Waals surface area contributed by atoms with E-state index in [0.29, 0.717) is 11.3 Å². The third-order valence-corrected chi connectivity index (χ3v) is 7.09. The zero-order chi connectivity index (χ0) is 21.3. The number of fused-ring (bicyclic) bond motifs is 1. The van der Waals surface area contributed by atoms with Crippen LogP contribution in [0.4, 0.5) is 0 Å². The van der Waals surface area contributed by atoms with E-state index < -0.39 is 0 Å². The Morgan fingerprint density at radius 1 is 0.933 bits per heavy atom. The number of hydrogen-bond acceptors (Lipinski definition) is 4. The molecule has 3 N–H and O–H groups in total. The van der Waals surface area contributed by atoms with E-state index in [9.17, 15) is 4.79 Å². The molecule has 0 spiro atoms. The molecular weight excluding hydrogens is 390 g/mol. The number of nitrogens with one attached hydrogen (secondary N) is 3. The van der Waals surface area contributed by atoms with Crippen molar-refractivity contribution in [1.82, 2.24) is 15.4 Å². The SMILES string of the molecule is CC.Cc1ccccc1C(=O)NC1CCC(SNC2CCNCC2)c2ccccc21. The van der Waals surface area contributed by atoms with E-state index in [1.165, 1.54) is 24.0 Å². The molecule has 1 aliphatic heterocycles. The van der Waals surface area contributed by atoms with Crippen LogP contribution in [0.3, 0.4) is 0 Å². The molecule has 30 heavy (non-hydrogen) atoms. The lowest BCUT2D eigenvalue weighted by Crippen LogP contribution is -2.38. The van der Waals surface area contributed by atoms with Gasteiger partial charge in [-0.2, -0.15) is 0 Å². The lowest BCUT2D eigenvalue weighted by molar-refractivity contribution is 0.0932. The van der Waals surface area contributed by atoms with Gasteiger partial charge in [0.25, 0.3) is 5.91 Å². The summed E-state index contributed by atoms with van der Waals surface area (Å²) in [7, 11) is 0. The Kier molecular flexibility index (Phi) is 8.79. The predicted molar refractivity (Wildman–Crippen MR) is 128 cm³/mol. The number of aryl methyl sites for hydroxylation is 1. The molecule has 1 saturated heterocycles. The van der Waals surface area contributed by atoms with E-state index in [0.717, 1.165) is 37.1 Å². The summed E-state index contributed by atoms with van der Waals surface area (Å²) >= 11 is 1.88. The number of benzene rings is 2. The summed E-state index contributed by atoms with van der Waals surface area (Å²) in [4.78, 5) is 12.8. The van der Waals surface area contributed by atoms with Crippen molar-refractivity contribution in [2.75, 3.05) is 13.1 Å². The van der Waals surface area contributed by atoms with Gasteiger partial charge in [0.1, 0.15) is 0 Å². The highest BCUT2D eigenvalue weighted by Gasteiger charge is 2.29. The van der Waals surface area contributed by atoms with E-state index in [2.05, 4.69) is 39.6 Å². The van der Waals surface area contributed by atoms with Crippen LogP contribution >= 0.6 is 11.9 Å². The van der Waals surface area contributed by atoms with Crippen LogP contribution in [0.1, 0.15) is 77.9 Å². The minimum Gasteiger partial charge on any atom is -0.345 e. The van der Waals surface area contributed by atoms with E-state index in [-0.39, 0.29) is 11.9 Å². The molecule has 2 atom stereocenters. The monoisotopic (exact) mass is 425 g/mol. The number of carbonyl (C=O) groups excluding carboxylic acids is 1. The van der Waals surface area contributed by atoms with Gasteiger partial charge in [0.05, 0.1) is 6.04 Å². The first-order valence-corrected chi connectivity index (χ1v) is 12.2. The molecule has 4 rings (SSSR count). The number of carbonyl (C=O) groups is 1. The summed E-state index contributed by atoms with van der Waals surface area (Å²) in [6.07, 6.45) is 4.42. The van der Waals surface area contributed by atoms with Gasteiger partial charge in [-0.1, -0.05) is 68.3 Å². The first kappa shape index (κ1) is 22.9. The van der Waals surface area contributed by atoms with Crippen molar-refractivity contribution in [3.63, 3.8) is 0 Å². The molecule has 1 fully saturated rings. The molecule has 0 radical (unpaired) electrons. The largest absolute Gasteiger partial charge is 0.345 e. The minimum absolute atomic E-state index is 0.0248. The first-order chi connectivity index (χ1) is 14.7. The second-order valence-electron chi connectivity index (χ2n) is 7.80. The number of rotatable bonds is 5. The fourth-order valence-electron chi connectivity index (χ4n) is 4.20. The molecule has 0 aromatic heterocycles. The second kappa shape index (κ2) is 11.5. The Hall–Kier alpha value is -1.82. The average molecular weight is 426 g/mol. The maximum Gasteiger partial charge on any atom is 0.252 e. The van der Waals surface area contributed by atoms with Crippen molar-refractivity contribution < 1.29 is 4.79 Å². The summed E-state index contributed by atoms with van der Waals surface area (Å²) in [5.41, 5.74) is 4.41. The lowest BCUT2D eigenvalue weighted by Gasteiger charge is -2.33. The number of hydrogen-bond donors (Lipinski definition) is 3. The van der Waals surface area contributed by atoms with Crippen molar-refractivity contribution in [2.45, 2.75) is 63.8 Å². The first-order valence-electron chi connectivity index (χ1n) is 11.3. The molecule has 1 heterocycles. The van der Waals surface area contributed by atoms with Crippen molar-refractivity contribution in [2.24, 2.45) is 0 Å². The third-order valence-electron chi connectivity index (χ3n) is 5.85. The van der Waals surface area contributed by atoms with Crippen LogP contribution in [0.2, 0.25) is 0 Å². The highest BCUT2D eigenvalue weighted by Crippen LogP contribution is 2.43. The molecule has 0 bridgehead atoms. The van der Waals surface area contributed by atoms with Crippen LogP contribution in [0.15, 0.2) is 48.5 Å². The number of piperidine rings is 1. The fraction of sp³-hybridized carbons (Fsp3) is 0.480. The van der Waals surface area contributed by atoms with Crippen LogP contribution < -0.4 is 15.4 Å². The van der Waals surface area contributed by atoms with Crippen molar-refractivity contribution in [3.05, 3.63) is 70.8 Å². The normalized spacial score (nSPS) is 21.2. The molecule has 162 valence electrons. The molecule has 1 aliphatic carbocycles. The van der Waals surface area contributed by atoms with Crippen LogP contribution in [0.25, 0.3) is 0 Å². The van der Waals surface area contributed by atoms with Gasteiger partial charge in [0.15, 0.2) is 0 Å². The molecule has 0 saturated carbocycles. The van der Waals surface area contributed by atoms with Crippen LogP contribution in [-0.2, 0) is 0 Å². The van der Waals surface area contributed by atoms with E-state index in [1.807, 2.05) is 57.0 Å². The summed E-state index contributed by atoms with van der Waals surface area (Å²) in [6.45, 7) is 8.20. The fourth-order valence-corrected chi connectivity index (χ4v) is 5.39. The van der Waals surface area contributed by atoms with Gasteiger partial charge in [0.2, 0.25) is 0 Å². The Balaban J connectivity index is 0.00000124. The molecule has 2 aromatic rings. The minimum atomic E-state index is 0.0248. The van der Waals surface area contributed by atoms with E-state index >= 15 is 0 Å². The van der Waals surface area contributed by atoms with Gasteiger partial charge < -0.3 is 10.6 Å². The standard InChI is InChI=1S/C23H29N3OS.C2H6/c1-16-6-2-3-7-18(16)23(27)25-21-10-11-22(20-9-5-4-8-19(20)21)28-26-17-12-14-24-15-13-17;1-2/h2-9,17,21-22,24,26H,10-15H2,1H3,(H,25,27);1-2H3. The highest BCUT2D eigenvalue weighted by molar-refractivity contribution is 7.97. The Labute approximate surface area is 185 Å². The van der Waals surface area contributed by atoms with Crippen LogP contribution in [-0.4, -0.2) is 25.0 Å². The van der Waals surface area contributed by atoms with Gasteiger partial charge in [0, 0.05) is 16.9 Å². The van der Waals surface area contributed by atoms with E-state index in [4.69, 9.17) is 0 Å². The molecule has 1 amide bonds. The zero-order valence-corrected chi connectivity index (χ0v) is 19.2. The lowest BCUT2D eigenvalue weighted by atomic mass is 9.87. The van der Waals surface area contributed by atoms with E-state index in [1.54, 1.807) is 0 Å². The Bertz CT molecular complexity index is 820. The maximum atomic E-state index is 12.8. The molecule has 5 heteroatoms.